The molecule has 1 heterocycles. The van der Waals surface area contributed by atoms with Gasteiger partial charge in [-0.15, -0.1) is 0 Å². The maximum absolute atomic E-state index is 13.0. The second kappa shape index (κ2) is 6.08. The predicted molar refractivity (Wildman–Crippen MR) is 51.0 cm³/mol. The van der Waals surface area contributed by atoms with Gasteiger partial charge >= 0.3 is 5.97 Å². The van der Waals surface area contributed by atoms with E-state index in [0.717, 1.165) is 0 Å². The van der Waals surface area contributed by atoms with E-state index in [-0.39, 0.29) is 12.2 Å². The van der Waals surface area contributed by atoms with Crippen LogP contribution < -0.4 is 0 Å². The zero-order chi connectivity index (χ0) is 11.1. The van der Waals surface area contributed by atoms with Crippen molar-refractivity contribution in [3.05, 3.63) is 29.8 Å². The van der Waals surface area contributed by atoms with Gasteiger partial charge < -0.3 is 9.47 Å². The molecule has 0 spiro atoms. The average molecular weight is 213 g/mol. The van der Waals surface area contributed by atoms with Gasteiger partial charge in [-0.25, -0.2) is 9.78 Å². The number of esters is 1. The number of ether oxygens (including phenoxy) is 2. The zero-order valence-corrected chi connectivity index (χ0v) is 8.40. The molecule has 5 heteroatoms. The van der Waals surface area contributed by atoms with Crippen LogP contribution in [-0.2, 0) is 9.47 Å². The molecule has 0 aliphatic carbocycles. The molecule has 0 radical (unpaired) electrons. The summed E-state index contributed by atoms with van der Waals surface area (Å²) in [5.41, 5.74) is -0.158. The van der Waals surface area contributed by atoms with Crippen LogP contribution in [0.2, 0.25) is 0 Å². The molecule has 0 saturated carbocycles. The number of carbonyl (C=O) groups excluding carboxylic acids is 1. The third-order valence-corrected chi connectivity index (χ3v) is 1.64. The molecule has 0 saturated heterocycles. The van der Waals surface area contributed by atoms with E-state index < -0.39 is 11.9 Å². The van der Waals surface area contributed by atoms with Crippen LogP contribution in [0.1, 0.15) is 17.3 Å². The Morgan fingerprint density at radius 2 is 2.33 bits per heavy atom. The highest BCUT2D eigenvalue weighted by atomic mass is 19.1. The highest BCUT2D eigenvalue weighted by Gasteiger charge is 2.12. The van der Waals surface area contributed by atoms with Crippen molar-refractivity contribution in [1.82, 2.24) is 4.98 Å². The van der Waals surface area contributed by atoms with Gasteiger partial charge in [0.2, 0.25) is 5.95 Å². The van der Waals surface area contributed by atoms with E-state index in [9.17, 15) is 9.18 Å². The Morgan fingerprint density at radius 3 is 3.00 bits per heavy atom. The summed E-state index contributed by atoms with van der Waals surface area (Å²) >= 11 is 0. The van der Waals surface area contributed by atoms with E-state index in [0.29, 0.717) is 13.2 Å². The normalized spacial score (nSPS) is 10.0. The van der Waals surface area contributed by atoms with Crippen LogP contribution in [0, 0.1) is 5.95 Å². The summed E-state index contributed by atoms with van der Waals surface area (Å²) < 4.78 is 22.7. The first-order chi connectivity index (χ1) is 7.25. The molecule has 1 rings (SSSR count). The van der Waals surface area contributed by atoms with Crippen LogP contribution >= 0.6 is 0 Å². The summed E-state index contributed by atoms with van der Waals surface area (Å²) in [6.07, 6.45) is 1.27. The summed E-state index contributed by atoms with van der Waals surface area (Å²) in [6.45, 7) is 2.81. The van der Waals surface area contributed by atoms with E-state index in [1.807, 2.05) is 6.92 Å². The second-order valence-electron chi connectivity index (χ2n) is 2.67. The van der Waals surface area contributed by atoms with Crippen molar-refractivity contribution in [2.75, 3.05) is 19.8 Å². The molecule has 4 nitrogen and oxygen atoms in total. The van der Waals surface area contributed by atoms with Gasteiger partial charge in [0.1, 0.15) is 12.2 Å². The Hall–Kier alpha value is -1.49. The van der Waals surface area contributed by atoms with Gasteiger partial charge in [-0.3, -0.25) is 0 Å². The lowest BCUT2D eigenvalue weighted by Crippen LogP contribution is -2.12. The minimum atomic E-state index is -0.820. The van der Waals surface area contributed by atoms with E-state index in [1.54, 1.807) is 0 Å². The summed E-state index contributed by atoms with van der Waals surface area (Å²) in [7, 11) is 0. The number of pyridine rings is 1. The van der Waals surface area contributed by atoms with Crippen LogP contribution in [0.25, 0.3) is 0 Å². The van der Waals surface area contributed by atoms with Gasteiger partial charge in [-0.1, -0.05) is 0 Å². The van der Waals surface area contributed by atoms with Crippen LogP contribution in [0.5, 0.6) is 0 Å². The average Bonchev–Trinajstić information content (AvgIpc) is 2.25. The number of aromatic nitrogens is 1. The molecular formula is C10H12FNO3. The van der Waals surface area contributed by atoms with Crippen LogP contribution in [-0.4, -0.2) is 30.8 Å². The first kappa shape index (κ1) is 11.6. The summed E-state index contributed by atoms with van der Waals surface area (Å²) in [5, 5.41) is 0. The molecule has 0 aliphatic heterocycles. The first-order valence-corrected chi connectivity index (χ1v) is 4.61. The molecule has 0 atom stereocenters. The number of halogens is 1. The van der Waals surface area contributed by atoms with E-state index in [4.69, 9.17) is 9.47 Å². The monoisotopic (exact) mass is 213 g/mol. The maximum atomic E-state index is 13.0. The topological polar surface area (TPSA) is 48.4 Å². The predicted octanol–water partition coefficient (Wildman–Crippen LogP) is 1.41. The molecule has 1 aromatic heterocycles. The van der Waals surface area contributed by atoms with E-state index >= 15 is 0 Å². The van der Waals surface area contributed by atoms with Crippen LogP contribution in [0.15, 0.2) is 18.3 Å². The molecule has 0 N–H and O–H groups in total. The molecule has 82 valence electrons. The van der Waals surface area contributed by atoms with Gasteiger partial charge in [-0.05, 0) is 19.1 Å². The fourth-order valence-electron chi connectivity index (χ4n) is 0.954. The smallest absolute Gasteiger partial charge is 0.342 e. The summed E-state index contributed by atoms with van der Waals surface area (Å²) in [6, 6.07) is 2.80. The molecule has 0 fully saturated rings. The molecule has 1 aromatic rings. The van der Waals surface area contributed by atoms with Crippen molar-refractivity contribution in [1.29, 1.82) is 0 Å². The Labute approximate surface area is 87.0 Å². The van der Waals surface area contributed by atoms with Crippen molar-refractivity contribution in [3.63, 3.8) is 0 Å². The minimum absolute atomic E-state index is 0.112. The van der Waals surface area contributed by atoms with Crippen molar-refractivity contribution in [2.45, 2.75) is 6.92 Å². The van der Waals surface area contributed by atoms with Gasteiger partial charge in [-0.2, -0.15) is 4.39 Å². The van der Waals surface area contributed by atoms with Gasteiger partial charge in [0, 0.05) is 12.8 Å². The molecule has 0 bridgehead atoms. The van der Waals surface area contributed by atoms with Gasteiger partial charge in [0.15, 0.2) is 0 Å². The highest BCUT2D eigenvalue weighted by molar-refractivity contribution is 5.89. The minimum Gasteiger partial charge on any atom is -0.460 e. The van der Waals surface area contributed by atoms with Crippen molar-refractivity contribution >= 4 is 5.97 Å². The molecule has 15 heavy (non-hydrogen) atoms. The number of hydrogen-bond acceptors (Lipinski definition) is 4. The fraction of sp³-hybridized carbons (Fsp3) is 0.400. The summed E-state index contributed by atoms with van der Waals surface area (Å²) in [4.78, 5) is 14.6. The lowest BCUT2D eigenvalue weighted by Gasteiger charge is -2.04. The zero-order valence-electron chi connectivity index (χ0n) is 8.40. The van der Waals surface area contributed by atoms with Crippen molar-refractivity contribution in [2.24, 2.45) is 0 Å². The lowest BCUT2D eigenvalue weighted by molar-refractivity contribution is 0.0330. The number of rotatable bonds is 5. The molecular weight excluding hydrogens is 201 g/mol. The van der Waals surface area contributed by atoms with E-state index in [1.165, 1.54) is 18.3 Å². The third kappa shape index (κ3) is 3.63. The molecule has 0 aliphatic rings. The molecule has 0 unspecified atom stereocenters. The van der Waals surface area contributed by atoms with Gasteiger partial charge in [0.05, 0.1) is 6.61 Å². The SMILES string of the molecule is CCOCCOC(=O)c1cccnc1F. The van der Waals surface area contributed by atoms with Crippen LogP contribution in [0.3, 0.4) is 0 Å². The highest BCUT2D eigenvalue weighted by Crippen LogP contribution is 2.04. The lowest BCUT2D eigenvalue weighted by atomic mass is 10.3. The Morgan fingerprint density at radius 1 is 1.53 bits per heavy atom. The Bertz CT molecular complexity index is 330. The number of carbonyl (C=O) groups is 1. The Kier molecular flexibility index (Phi) is 4.70. The Balaban J connectivity index is 2.44. The third-order valence-electron chi connectivity index (χ3n) is 1.64. The quantitative estimate of drug-likeness (QED) is 0.421. The maximum Gasteiger partial charge on any atom is 0.342 e. The number of hydrogen-bond donors (Lipinski definition) is 0. The van der Waals surface area contributed by atoms with Crippen molar-refractivity contribution in [3.8, 4) is 0 Å². The first-order valence-electron chi connectivity index (χ1n) is 4.61. The number of nitrogens with zero attached hydrogens (tertiary/aromatic N) is 1. The summed E-state index contributed by atoms with van der Waals surface area (Å²) in [5.74, 6) is -1.54. The molecule has 0 aromatic carbocycles. The standard InChI is InChI=1S/C10H12FNO3/c1-2-14-6-7-15-10(13)8-4-3-5-12-9(8)11/h3-5H,2,6-7H2,1H3. The molecule has 0 amide bonds. The van der Waals surface area contributed by atoms with E-state index in [2.05, 4.69) is 4.98 Å². The fourth-order valence-corrected chi connectivity index (χ4v) is 0.954. The second-order valence-corrected chi connectivity index (χ2v) is 2.67. The largest absolute Gasteiger partial charge is 0.460 e. The van der Waals surface area contributed by atoms with Crippen LogP contribution in [0.4, 0.5) is 4.39 Å². The van der Waals surface area contributed by atoms with Crippen molar-refractivity contribution < 1.29 is 18.7 Å². The van der Waals surface area contributed by atoms with Gasteiger partial charge in [0.25, 0.3) is 0 Å².